The van der Waals surface area contributed by atoms with Gasteiger partial charge in [-0.25, -0.2) is 13.6 Å². The van der Waals surface area contributed by atoms with Crippen LogP contribution in [0.4, 0.5) is 27.6 Å². The summed E-state index contributed by atoms with van der Waals surface area (Å²) in [4.78, 5) is 29.2. The number of anilines is 1. The Balaban J connectivity index is 2.15. The van der Waals surface area contributed by atoms with E-state index in [-0.39, 0.29) is 24.0 Å². The van der Waals surface area contributed by atoms with Crippen LogP contribution in [0, 0.1) is 11.6 Å². The lowest BCUT2D eigenvalue weighted by molar-refractivity contribution is -0.190. The van der Waals surface area contributed by atoms with E-state index in [2.05, 4.69) is 15.4 Å². The van der Waals surface area contributed by atoms with Crippen LogP contribution in [-0.4, -0.2) is 44.6 Å². The quantitative estimate of drug-likeness (QED) is 0.436. The smallest absolute Gasteiger partial charge is 0.425 e. The molecular formula is C21H19ClF5N5O4. The number of amides is 1. The molecule has 3 rings (SSSR count). The van der Waals surface area contributed by atoms with Gasteiger partial charge >= 0.3 is 11.9 Å². The summed E-state index contributed by atoms with van der Waals surface area (Å²) in [7, 11) is 1.34. The van der Waals surface area contributed by atoms with Crippen molar-refractivity contribution in [2.75, 3.05) is 12.4 Å². The molecule has 1 aromatic carbocycles. The predicted octanol–water partition coefficient (Wildman–Crippen LogP) is 4.11. The average Bonchev–Trinajstić information content (AvgIpc) is 3.11. The minimum Gasteiger partial charge on any atom is -0.464 e. The number of methoxy groups -OCH3 is 1. The van der Waals surface area contributed by atoms with E-state index >= 15 is 4.39 Å². The van der Waals surface area contributed by atoms with Crippen molar-refractivity contribution >= 4 is 23.2 Å². The first-order chi connectivity index (χ1) is 16.9. The second-order valence-corrected chi connectivity index (χ2v) is 7.69. The van der Waals surface area contributed by atoms with E-state index in [9.17, 15) is 27.2 Å². The van der Waals surface area contributed by atoms with Crippen LogP contribution >= 0.6 is 11.6 Å². The number of alkyl halides is 3. The third-order valence-electron chi connectivity index (χ3n) is 4.85. The topological polar surface area (TPSA) is 100 Å². The van der Waals surface area contributed by atoms with Crippen LogP contribution in [0.1, 0.15) is 30.0 Å². The zero-order valence-electron chi connectivity index (χ0n) is 19.0. The van der Waals surface area contributed by atoms with Crippen LogP contribution in [0.2, 0.25) is 5.02 Å². The molecule has 0 spiro atoms. The Morgan fingerprint density at radius 2 is 1.94 bits per heavy atom. The maximum atomic E-state index is 15.1. The molecule has 1 amide bonds. The van der Waals surface area contributed by atoms with Crippen molar-refractivity contribution < 1.29 is 36.2 Å². The molecule has 1 atom stereocenters. The van der Waals surface area contributed by atoms with E-state index in [1.807, 2.05) is 0 Å². The summed E-state index contributed by atoms with van der Waals surface area (Å²) in [6.45, 7) is 2.24. The van der Waals surface area contributed by atoms with Gasteiger partial charge in [-0.3, -0.25) is 9.36 Å². The molecule has 0 radical (unpaired) electrons. The van der Waals surface area contributed by atoms with Gasteiger partial charge in [0.05, 0.1) is 10.7 Å². The Morgan fingerprint density at radius 1 is 1.25 bits per heavy atom. The van der Waals surface area contributed by atoms with E-state index in [0.29, 0.717) is 17.7 Å². The van der Waals surface area contributed by atoms with Gasteiger partial charge in [-0.15, -0.1) is 5.10 Å². The fraction of sp³-hybridized carbons (Fsp3) is 0.333. The van der Waals surface area contributed by atoms with Crippen LogP contribution in [0.3, 0.4) is 0 Å². The number of nitrogens with one attached hydrogen (secondary N) is 1. The van der Waals surface area contributed by atoms with Crippen LogP contribution in [0.15, 0.2) is 29.1 Å². The number of carbonyl (C=O) groups is 1. The highest BCUT2D eigenvalue weighted by Crippen LogP contribution is 2.30. The van der Waals surface area contributed by atoms with Gasteiger partial charge in [0.2, 0.25) is 5.88 Å². The van der Waals surface area contributed by atoms with E-state index in [4.69, 9.17) is 21.1 Å². The van der Waals surface area contributed by atoms with Gasteiger partial charge in [-0.2, -0.15) is 22.8 Å². The standard InChI is InChI=1S/C21H19ClF5N5O4/c1-4-31-15(9-35-3)30-32(20(31)34)17-14(24)8-11(19(29-17)36-10(2)21(25,26)27)18(33)28-16-12(22)6-5-7-13(16)23/h5-8,10H,4,9H2,1-3H3,(H,28,33)/t10-/m0/s1. The van der Waals surface area contributed by atoms with E-state index in [1.54, 1.807) is 6.92 Å². The number of aromatic nitrogens is 4. The Labute approximate surface area is 205 Å². The Kier molecular flexibility index (Phi) is 7.99. The van der Waals surface area contributed by atoms with Crippen LogP contribution < -0.4 is 15.7 Å². The van der Waals surface area contributed by atoms with Crippen molar-refractivity contribution in [1.82, 2.24) is 19.3 Å². The first-order valence-electron chi connectivity index (χ1n) is 10.3. The molecule has 194 valence electrons. The maximum Gasteiger partial charge on any atom is 0.425 e. The molecule has 2 aromatic heterocycles. The molecule has 0 aliphatic carbocycles. The molecule has 0 bridgehead atoms. The summed E-state index contributed by atoms with van der Waals surface area (Å²) in [5.41, 5.74) is -2.17. The summed E-state index contributed by atoms with van der Waals surface area (Å²) in [5, 5.41) is 5.78. The predicted molar refractivity (Wildman–Crippen MR) is 117 cm³/mol. The SMILES string of the molecule is CCn1c(COC)nn(-c2nc(O[C@@H](C)C(F)(F)F)c(C(=O)Nc3c(F)cccc3Cl)cc2F)c1=O. The van der Waals surface area contributed by atoms with Gasteiger partial charge in [0.1, 0.15) is 18.0 Å². The summed E-state index contributed by atoms with van der Waals surface area (Å²) in [6.07, 6.45) is -7.37. The molecule has 0 saturated carbocycles. The monoisotopic (exact) mass is 535 g/mol. The molecule has 9 nitrogen and oxygen atoms in total. The number of hydrogen-bond donors (Lipinski definition) is 1. The molecule has 36 heavy (non-hydrogen) atoms. The number of hydrogen-bond acceptors (Lipinski definition) is 6. The van der Waals surface area contributed by atoms with Gasteiger partial charge in [0.25, 0.3) is 5.91 Å². The third kappa shape index (κ3) is 5.49. The number of nitrogens with zero attached hydrogens (tertiary/aromatic N) is 4. The first kappa shape index (κ1) is 27.1. The summed E-state index contributed by atoms with van der Waals surface area (Å²) >= 11 is 5.87. The number of pyridine rings is 1. The molecule has 15 heteroatoms. The highest BCUT2D eigenvalue weighted by Gasteiger charge is 2.39. The fourth-order valence-corrected chi connectivity index (χ4v) is 3.24. The highest BCUT2D eigenvalue weighted by molar-refractivity contribution is 6.34. The second kappa shape index (κ2) is 10.6. The second-order valence-electron chi connectivity index (χ2n) is 7.29. The third-order valence-corrected chi connectivity index (χ3v) is 5.16. The lowest BCUT2D eigenvalue weighted by atomic mass is 10.2. The first-order valence-corrected chi connectivity index (χ1v) is 10.6. The zero-order valence-corrected chi connectivity index (χ0v) is 19.7. The van der Waals surface area contributed by atoms with E-state index < -0.39 is 58.5 Å². The van der Waals surface area contributed by atoms with Crippen LogP contribution in [-0.2, 0) is 17.9 Å². The van der Waals surface area contributed by atoms with Gasteiger partial charge in [0, 0.05) is 13.7 Å². The number of halogens is 6. The molecule has 0 unspecified atom stereocenters. The number of rotatable bonds is 8. The molecular weight excluding hydrogens is 517 g/mol. The van der Waals surface area contributed by atoms with Crippen LogP contribution in [0.5, 0.6) is 5.88 Å². The summed E-state index contributed by atoms with van der Waals surface area (Å²) in [6, 6.07) is 3.98. The minimum atomic E-state index is -4.88. The van der Waals surface area contributed by atoms with E-state index in [0.717, 1.165) is 10.6 Å². The van der Waals surface area contributed by atoms with Gasteiger partial charge in [0.15, 0.2) is 23.6 Å². The van der Waals surface area contributed by atoms with Crippen molar-refractivity contribution in [2.24, 2.45) is 0 Å². The van der Waals surface area contributed by atoms with E-state index in [1.165, 1.54) is 19.2 Å². The van der Waals surface area contributed by atoms with Crippen molar-refractivity contribution in [1.29, 1.82) is 0 Å². The Morgan fingerprint density at radius 3 is 2.53 bits per heavy atom. The largest absolute Gasteiger partial charge is 0.464 e. The molecule has 0 aliphatic heterocycles. The highest BCUT2D eigenvalue weighted by atomic mass is 35.5. The number of benzene rings is 1. The average molecular weight is 536 g/mol. The molecule has 1 N–H and O–H groups in total. The molecule has 0 aliphatic rings. The lowest BCUT2D eigenvalue weighted by Crippen LogP contribution is -2.33. The van der Waals surface area contributed by atoms with Crippen molar-refractivity contribution in [3.05, 3.63) is 62.8 Å². The van der Waals surface area contributed by atoms with Crippen molar-refractivity contribution in [2.45, 2.75) is 39.3 Å². The van der Waals surface area contributed by atoms with Gasteiger partial charge in [-0.05, 0) is 32.0 Å². The Hall–Kier alpha value is -3.52. The minimum absolute atomic E-state index is 0.0911. The molecule has 2 heterocycles. The summed E-state index contributed by atoms with van der Waals surface area (Å²) < 4.78 is 80.2. The van der Waals surface area contributed by atoms with Crippen molar-refractivity contribution in [3.8, 4) is 11.7 Å². The maximum absolute atomic E-state index is 15.1. The zero-order chi connectivity index (χ0) is 26.8. The number of ether oxygens (including phenoxy) is 2. The fourth-order valence-electron chi connectivity index (χ4n) is 3.02. The van der Waals surface area contributed by atoms with Crippen LogP contribution in [0.25, 0.3) is 5.82 Å². The number of para-hydroxylation sites is 1. The molecule has 3 aromatic rings. The molecule has 0 saturated heterocycles. The number of carbonyl (C=O) groups excluding carboxylic acids is 1. The Bertz CT molecular complexity index is 1320. The summed E-state index contributed by atoms with van der Waals surface area (Å²) in [5.74, 6) is -5.22. The normalized spacial score (nSPS) is 12.5. The molecule has 0 fully saturated rings. The van der Waals surface area contributed by atoms with Gasteiger partial charge in [-0.1, -0.05) is 17.7 Å². The van der Waals surface area contributed by atoms with Crippen molar-refractivity contribution in [3.63, 3.8) is 0 Å². The lowest BCUT2D eigenvalue weighted by Gasteiger charge is -2.19. The van der Waals surface area contributed by atoms with Gasteiger partial charge < -0.3 is 14.8 Å².